The molecule has 0 aliphatic rings. The normalized spacial score (nSPS) is 13.4. The molecule has 3 rings (SSSR count). The molecule has 36 heavy (non-hydrogen) atoms. The highest BCUT2D eigenvalue weighted by Crippen LogP contribution is 2.36. The van der Waals surface area contributed by atoms with Gasteiger partial charge in [-0.05, 0) is 50.1 Å². The Balaban J connectivity index is 1.86. The molecule has 0 spiro atoms. The van der Waals surface area contributed by atoms with Gasteiger partial charge >= 0.3 is 12.1 Å². The van der Waals surface area contributed by atoms with Crippen molar-refractivity contribution < 1.29 is 27.4 Å². The maximum Gasteiger partial charge on any atom is 0.389 e. The van der Waals surface area contributed by atoms with Crippen molar-refractivity contribution in [2.75, 3.05) is 13.2 Å². The molecule has 2 aromatic heterocycles. The number of benzene rings is 1. The van der Waals surface area contributed by atoms with Crippen molar-refractivity contribution in [3.8, 4) is 17.0 Å². The van der Waals surface area contributed by atoms with Crippen LogP contribution >= 0.6 is 0 Å². The lowest BCUT2D eigenvalue weighted by Crippen LogP contribution is -2.36. The minimum atomic E-state index is -4.44. The number of aryl methyl sites for hydroxylation is 3. The molecular weight excluding hydrogens is 469 g/mol. The second kappa shape index (κ2) is 10.8. The van der Waals surface area contributed by atoms with Crippen LogP contribution in [0.5, 0.6) is 5.75 Å². The molecule has 0 saturated heterocycles. The number of alkyl halides is 3. The SMILES string of the molecule is C=C(C)C(=O)OCC(C)(COc1ccc2cc(-c3ccc(CC)nc3CC)n(C)c2c1)CC(F)(F)F. The molecule has 0 bridgehead atoms. The van der Waals surface area contributed by atoms with Crippen LogP contribution in [0.15, 0.2) is 48.6 Å². The van der Waals surface area contributed by atoms with Crippen LogP contribution in [0.2, 0.25) is 0 Å². The van der Waals surface area contributed by atoms with Crippen LogP contribution in [0, 0.1) is 5.41 Å². The molecule has 0 saturated carbocycles. The first-order valence-corrected chi connectivity index (χ1v) is 12.0. The monoisotopic (exact) mass is 502 g/mol. The smallest absolute Gasteiger partial charge is 0.389 e. The predicted molar refractivity (Wildman–Crippen MR) is 135 cm³/mol. The van der Waals surface area contributed by atoms with E-state index >= 15 is 0 Å². The topological polar surface area (TPSA) is 53.4 Å². The van der Waals surface area contributed by atoms with Crippen molar-refractivity contribution in [3.05, 3.63) is 59.9 Å². The number of halogens is 3. The second-order valence-electron chi connectivity index (χ2n) is 9.56. The van der Waals surface area contributed by atoms with Crippen molar-refractivity contribution in [3.63, 3.8) is 0 Å². The van der Waals surface area contributed by atoms with Gasteiger partial charge in [-0.3, -0.25) is 4.98 Å². The molecular formula is C28H33F3N2O3. The lowest BCUT2D eigenvalue weighted by molar-refractivity contribution is -0.173. The minimum absolute atomic E-state index is 0.126. The molecule has 3 aromatic rings. The lowest BCUT2D eigenvalue weighted by atomic mass is 9.88. The number of ether oxygens (including phenoxy) is 2. The first-order chi connectivity index (χ1) is 16.9. The van der Waals surface area contributed by atoms with Crippen molar-refractivity contribution >= 4 is 16.9 Å². The maximum atomic E-state index is 13.3. The van der Waals surface area contributed by atoms with Crippen LogP contribution in [0.3, 0.4) is 0 Å². The average Bonchev–Trinajstić information content (AvgIpc) is 3.15. The zero-order valence-electron chi connectivity index (χ0n) is 21.5. The van der Waals surface area contributed by atoms with Crippen molar-refractivity contribution in [2.45, 2.75) is 53.1 Å². The van der Waals surface area contributed by atoms with Crippen LogP contribution in [-0.4, -0.2) is 34.9 Å². The Labute approximate surface area is 209 Å². The standard InChI is InChI=1S/C28H33F3N2O3/c1-7-20-10-12-22(23(8-2)32-20)25-13-19-9-11-21(14-24(19)33(25)6)35-16-27(5,15-28(29,30)31)17-36-26(34)18(3)4/h9-14H,3,7-8,15-17H2,1-2,4-6H3. The first-order valence-electron chi connectivity index (χ1n) is 12.0. The molecule has 0 N–H and O–H groups in total. The predicted octanol–water partition coefficient (Wildman–Crippen LogP) is 6.82. The highest BCUT2D eigenvalue weighted by molar-refractivity contribution is 5.88. The largest absolute Gasteiger partial charge is 0.493 e. The Morgan fingerprint density at radius 1 is 1.08 bits per heavy atom. The summed E-state index contributed by atoms with van der Waals surface area (Å²) in [5.74, 6) is -0.292. The van der Waals surface area contributed by atoms with Crippen molar-refractivity contribution in [1.29, 1.82) is 0 Å². The van der Waals surface area contributed by atoms with Crippen molar-refractivity contribution in [1.82, 2.24) is 9.55 Å². The third-order valence-corrected chi connectivity index (χ3v) is 6.14. The summed E-state index contributed by atoms with van der Waals surface area (Å²) in [6.07, 6.45) is -3.93. The number of pyridine rings is 1. The van der Waals surface area contributed by atoms with Gasteiger partial charge in [-0.25, -0.2) is 4.79 Å². The number of hydrogen-bond acceptors (Lipinski definition) is 4. The Morgan fingerprint density at radius 3 is 2.42 bits per heavy atom. The van der Waals surface area contributed by atoms with Gasteiger partial charge in [0.15, 0.2) is 0 Å². The van der Waals surface area contributed by atoms with Gasteiger partial charge in [0, 0.05) is 46.4 Å². The van der Waals surface area contributed by atoms with E-state index in [-0.39, 0.29) is 12.2 Å². The zero-order chi connectivity index (χ0) is 26.7. The van der Waals surface area contributed by atoms with Gasteiger partial charge in [-0.2, -0.15) is 13.2 Å². The van der Waals surface area contributed by atoms with Gasteiger partial charge in [0.2, 0.25) is 0 Å². The van der Waals surface area contributed by atoms with Gasteiger partial charge in [0.05, 0.1) is 24.2 Å². The number of aromatic nitrogens is 2. The van der Waals surface area contributed by atoms with Crippen LogP contribution in [0.25, 0.3) is 22.2 Å². The van der Waals surface area contributed by atoms with E-state index < -0.39 is 30.6 Å². The Hall–Kier alpha value is -3.29. The summed E-state index contributed by atoms with van der Waals surface area (Å²) in [6, 6.07) is 11.6. The van der Waals surface area contributed by atoms with Crippen LogP contribution < -0.4 is 4.74 Å². The van der Waals surface area contributed by atoms with E-state index in [2.05, 4.69) is 32.6 Å². The first kappa shape index (κ1) is 27.3. The fraction of sp³-hybridized carbons (Fsp3) is 0.429. The van der Waals surface area contributed by atoms with Crippen LogP contribution in [-0.2, 0) is 29.4 Å². The van der Waals surface area contributed by atoms with Gasteiger partial charge in [0.1, 0.15) is 12.4 Å². The number of hydrogen-bond donors (Lipinski definition) is 0. The van der Waals surface area contributed by atoms with Crippen molar-refractivity contribution in [2.24, 2.45) is 12.5 Å². The molecule has 194 valence electrons. The average molecular weight is 503 g/mol. The summed E-state index contributed by atoms with van der Waals surface area (Å²) in [6.45, 7) is 9.75. The molecule has 5 nitrogen and oxygen atoms in total. The molecule has 1 atom stereocenters. The molecule has 1 aromatic carbocycles. The fourth-order valence-corrected chi connectivity index (χ4v) is 4.15. The summed E-state index contributed by atoms with van der Waals surface area (Å²) in [5, 5.41) is 0.981. The molecule has 0 aliphatic heterocycles. The maximum absolute atomic E-state index is 13.3. The number of carbonyl (C=O) groups excluding carboxylic acids is 1. The van der Waals surface area contributed by atoms with E-state index in [4.69, 9.17) is 14.5 Å². The Bertz CT molecular complexity index is 1260. The molecule has 1 unspecified atom stereocenters. The fourth-order valence-electron chi connectivity index (χ4n) is 4.15. The quantitative estimate of drug-likeness (QED) is 0.225. The third-order valence-electron chi connectivity index (χ3n) is 6.14. The molecule has 0 amide bonds. The summed E-state index contributed by atoms with van der Waals surface area (Å²) in [7, 11) is 1.94. The molecule has 0 radical (unpaired) electrons. The van der Waals surface area contributed by atoms with Gasteiger partial charge in [-0.15, -0.1) is 0 Å². The van der Waals surface area contributed by atoms with E-state index in [1.807, 2.05) is 29.8 Å². The Morgan fingerprint density at radius 2 is 1.81 bits per heavy atom. The molecule has 0 fully saturated rings. The van der Waals surface area contributed by atoms with Crippen LogP contribution in [0.1, 0.15) is 45.5 Å². The summed E-state index contributed by atoms with van der Waals surface area (Å²) >= 11 is 0. The summed E-state index contributed by atoms with van der Waals surface area (Å²) in [4.78, 5) is 16.5. The highest BCUT2D eigenvalue weighted by atomic mass is 19.4. The zero-order valence-corrected chi connectivity index (χ0v) is 21.5. The second-order valence-corrected chi connectivity index (χ2v) is 9.56. The number of esters is 1. The molecule has 2 heterocycles. The highest BCUT2D eigenvalue weighted by Gasteiger charge is 2.41. The number of nitrogens with zero attached hydrogens (tertiary/aromatic N) is 2. The van der Waals surface area contributed by atoms with Gasteiger partial charge in [-0.1, -0.05) is 27.4 Å². The number of fused-ring (bicyclic) bond motifs is 1. The van der Waals surface area contributed by atoms with E-state index in [0.717, 1.165) is 46.4 Å². The van der Waals surface area contributed by atoms with E-state index in [1.165, 1.54) is 13.8 Å². The van der Waals surface area contributed by atoms with E-state index in [1.54, 1.807) is 6.07 Å². The Kier molecular flexibility index (Phi) is 8.16. The summed E-state index contributed by atoms with van der Waals surface area (Å²) < 4.78 is 52.7. The van der Waals surface area contributed by atoms with Crippen LogP contribution in [0.4, 0.5) is 13.2 Å². The third kappa shape index (κ3) is 6.47. The van der Waals surface area contributed by atoms with Gasteiger partial charge < -0.3 is 14.0 Å². The molecule has 0 aliphatic carbocycles. The lowest BCUT2D eigenvalue weighted by Gasteiger charge is -2.30. The van der Waals surface area contributed by atoms with Gasteiger partial charge in [0.25, 0.3) is 0 Å². The number of carbonyl (C=O) groups is 1. The van der Waals surface area contributed by atoms with E-state index in [9.17, 15) is 18.0 Å². The summed E-state index contributed by atoms with van der Waals surface area (Å²) in [5.41, 5.74) is 3.66. The van der Waals surface area contributed by atoms with E-state index in [0.29, 0.717) is 5.75 Å². The molecule has 8 heteroatoms. The number of rotatable bonds is 10. The minimum Gasteiger partial charge on any atom is -0.493 e.